The lowest BCUT2D eigenvalue weighted by molar-refractivity contribution is -0.00837. The Morgan fingerprint density at radius 3 is 2.32 bits per heavy atom. The summed E-state index contributed by atoms with van der Waals surface area (Å²) in [5.41, 5.74) is 1.61. The highest BCUT2D eigenvalue weighted by atomic mass is 32.2. The molecule has 156 valence electrons. The van der Waals surface area contributed by atoms with Crippen LogP contribution in [-0.2, 0) is 21.2 Å². The Bertz CT molecular complexity index is 867. The smallest absolute Gasteiger partial charge is 0.254 e. The molecule has 6 nitrogen and oxygen atoms in total. The number of aromatic nitrogens is 1. The molecule has 28 heavy (non-hydrogen) atoms. The van der Waals surface area contributed by atoms with Gasteiger partial charge >= 0.3 is 0 Å². The van der Waals surface area contributed by atoms with Gasteiger partial charge in [-0.05, 0) is 76.2 Å². The third-order valence-electron chi connectivity index (χ3n) is 6.77. The van der Waals surface area contributed by atoms with E-state index >= 15 is 0 Å². The van der Waals surface area contributed by atoms with Gasteiger partial charge in [0.1, 0.15) is 0 Å². The molecule has 1 aromatic rings. The summed E-state index contributed by atoms with van der Waals surface area (Å²) in [6, 6.07) is 3.23. The normalized spacial score (nSPS) is 30.8. The fourth-order valence-corrected chi connectivity index (χ4v) is 5.89. The van der Waals surface area contributed by atoms with Crippen molar-refractivity contribution in [3.8, 4) is 0 Å². The van der Waals surface area contributed by atoms with E-state index in [-0.39, 0.29) is 23.7 Å². The molecule has 0 spiro atoms. The fourth-order valence-electron chi connectivity index (χ4n) is 5.07. The van der Waals surface area contributed by atoms with Crippen LogP contribution >= 0.6 is 0 Å². The van der Waals surface area contributed by atoms with Gasteiger partial charge in [-0.3, -0.25) is 4.79 Å². The largest absolute Gasteiger partial charge is 0.376 e. The topological polar surface area (TPSA) is 77.4 Å². The van der Waals surface area contributed by atoms with E-state index in [2.05, 4.69) is 4.72 Å². The van der Waals surface area contributed by atoms with E-state index < -0.39 is 10.0 Å². The van der Waals surface area contributed by atoms with Gasteiger partial charge in [-0.15, -0.1) is 0 Å². The predicted octanol–water partition coefficient (Wildman–Crippen LogP) is 2.55. The van der Waals surface area contributed by atoms with E-state index in [4.69, 9.17) is 4.74 Å². The van der Waals surface area contributed by atoms with E-state index in [1.807, 2.05) is 12.1 Å². The summed E-state index contributed by atoms with van der Waals surface area (Å²) in [6.45, 7) is 2.18. The molecule has 0 saturated heterocycles. The third kappa shape index (κ3) is 4.52. The van der Waals surface area contributed by atoms with E-state index in [1.54, 1.807) is 11.5 Å². The van der Waals surface area contributed by atoms with Crippen LogP contribution in [0.3, 0.4) is 0 Å². The number of hydrogen-bond donors (Lipinski definition) is 1. The molecule has 0 radical (unpaired) electrons. The van der Waals surface area contributed by atoms with Crippen LogP contribution in [0.1, 0.15) is 62.2 Å². The Balaban J connectivity index is 1.49. The maximum atomic E-state index is 12.8. The van der Waals surface area contributed by atoms with Gasteiger partial charge in [0.15, 0.2) is 0 Å². The second-order valence-electron chi connectivity index (χ2n) is 8.99. The first-order valence-corrected chi connectivity index (χ1v) is 12.5. The van der Waals surface area contributed by atoms with Crippen molar-refractivity contribution in [2.24, 2.45) is 11.8 Å². The zero-order chi connectivity index (χ0) is 19.9. The van der Waals surface area contributed by atoms with Gasteiger partial charge in [0.25, 0.3) is 5.56 Å². The molecule has 3 aliphatic rings. The van der Waals surface area contributed by atoms with E-state index in [0.717, 1.165) is 30.4 Å². The number of aryl methyl sites for hydroxylation is 2. The first-order valence-electron chi connectivity index (χ1n) is 10.6. The number of hydrogen-bond acceptors (Lipinski definition) is 4. The fraction of sp³-hybridized carbons (Fsp3) is 0.762. The van der Waals surface area contributed by atoms with Gasteiger partial charge in [-0.2, -0.15) is 0 Å². The first-order chi connectivity index (χ1) is 13.3. The van der Waals surface area contributed by atoms with Gasteiger partial charge in [0, 0.05) is 17.3 Å². The quantitative estimate of drug-likeness (QED) is 0.785. The van der Waals surface area contributed by atoms with E-state index in [1.165, 1.54) is 31.9 Å². The average Bonchev–Trinajstić information content (AvgIpc) is 3.48. The van der Waals surface area contributed by atoms with Crippen LogP contribution < -0.4 is 10.3 Å². The summed E-state index contributed by atoms with van der Waals surface area (Å²) in [6.07, 6.45) is 10.2. The van der Waals surface area contributed by atoms with Crippen LogP contribution in [0.5, 0.6) is 0 Å². The number of nitrogens with one attached hydrogen (secondary N) is 1. The van der Waals surface area contributed by atoms with Crippen molar-refractivity contribution < 1.29 is 13.2 Å². The second kappa shape index (κ2) is 7.92. The SMILES string of the molecule is Cc1ccc2n(c1=O)C(COC1CCC(C3CC3)CC1)C(NS(C)(=O)=O)CC2. The minimum atomic E-state index is -3.36. The van der Waals surface area contributed by atoms with E-state index in [0.29, 0.717) is 25.0 Å². The first kappa shape index (κ1) is 20.1. The second-order valence-corrected chi connectivity index (χ2v) is 10.8. The van der Waals surface area contributed by atoms with Crippen molar-refractivity contribution in [2.75, 3.05) is 12.9 Å². The van der Waals surface area contributed by atoms with Gasteiger partial charge in [0.2, 0.25) is 10.0 Å². The molecule has 1 aliphatic heterocycles. The van der Waals surface area contributed by atoms with Crippen LogP contribution in [-0.4, -0.2) is 38.0 Å². The minimum Gasteiger partial charge on any atom is -0.376 e. The molecule has 4 rings (SSSR count). The van der Waals surface area contributed by atoms with Crippen LogP contribution in [0.15, 0.2) is 16.9 Å². The summed E-state index contributed by atoms with van der Waals surface area (Å²) in [5, 5.41) is 0. The molecule has 2 atom stereocenters. The van der Waals surface area contributed by atoms with Gasteiger partial charge in [-0.1, -0.05) is 6.07 Å². The standard InChI is InChI=1S/C21H32N2O4S/c1-14-3-8-17-9-12-19(22-28(2,25)26)20(23(17)21(14)24)13-27-18-10-6-16(7-11-18)15-4-5-15/h3,8,15-16,18-20,22H,4-7,9-13H2,1-2H3. The third-order valence-corrected chi connectivity index (χ3v) is 7.51. The van der Waals surface area contributed by atoms with Crippen molar-refractivity contribution in [3.05, 3.63) is 33.7 Å². The van der Waals surface area contributed by atoms with Crippen LogP contribution in [0.2, 0.25) is 0 Å². The molecule has 1 N–H and O–H groups in total. The maximum Gasteiger partial charge on any atom is 0.254 e. The Kier molecular flexibility index (Phi) is 5.69. The summed E-state index contributed by atoms with van der Waals surface area (Å²) in [4.78, 5) is 12.8. The number of fused-ring (bicyclic) bond motifs is 1. The van der Waals surface area contributed by atoms with Crippen molar-refractivity contribution in [3.63, 3.8) is 0 Å². The molecule has 2 heterocycles. The Morgan fingerprint density at radius 1 is 1.07 bits per heavy atom. The summed E-state index contributed by atoms with van der Waals surface area (Å²) in [7, 11) is -3.36. The Morgan fingerprint density at radius 2 is 1.71 bits per heavy atom. The molecular formula is C21H32N2O4S. The molecule has 2 fully saturated rings. The lowest BCUT2D eigenvalue weighted by Gasteiger charge is -2.37. The van der Waals surface area contributed by atoms with Crippen molar-refractivity contribution in [2.45, 2.75) is 76.5 Å². The number of ether oxygens (including phenoxy) is 1. The van der Waals surface area contributed by atoms with Crippen molar-refractivity contribution in [1.82, 2.24) is 9.29 Å². The number of rotatable bonds is 6. The zero-order valence-corrected chi connectivity index (χ0v) is 17.7. The highest BCUT2D eigenvalue weighted by Gasteiger charge is 2.36. The highest BCUT2D eigenvalue weighted by Crippen LogP contribution is 2.44. The average molecular weight is 409 g/mol. The van der Waals surface area contributed by atoms with Crippen molar-refractivity contribution in [1.29, 1.82) is 0 Å². The van der Waals surface area contributed by atoms with Crippen LogP contribution in [0.4, 0.5) is 0 Å². The number of nitrogens with zero attached hydrogens (tertiary/aromatic N) is 1. The molecule has 0 amide bonds. The Hall–Kier alpha value is -1.18. The Labute approximate surface area is 167 Å². The minimum absolute atomic E-state index is 0.0384. The lowest BCUT2D eigenvalue weighted by atomic mass is 9.84. The van der Waals surface area contributed by atoms with Gasteiger partial charge < -0.3 is 9.30 Å². The summed E-state index contributed by atoms with van der Waals surface area (Å²) < 4.78 is 34.6. The molecule has 2 saturated carbocycles. The van der Waals surface area contributed by atoms with Gasteiger partial charge in [0.05, 0.1) is 25.0 Å². The maximum absolute atomic E-state index is 12.8. The molecule has 1 aromatic heterocycles. The molecule has 0 aromatic carbocycles. The molecular weight excluding hydrogens is 376 g/mol. The van der Waals surface area contributed by atoms with Crippen LogP contribution in [0, 0.1) is 18.8 Å². The molecule has 2 aliphatic carbocycles. The molecule has 7 heteroatoms. The summed E-state index contributed by atoms with van der Waals surface area (Å²) in [5.74, 6) is 1.83. The lowest BCUT2D eigenvalue weighted by Crippen LogP contribution is -2.49. The highest BCUT2D eigenvalue weighted by molar-refractivity contribution is 7.88. The van der Waals surface area contributed by atoms with Crippen LogP contribution in [0.25, 0.3) is 0 Å². The van der Waals surface area contributed by atoms with Gasteiger partial charge in [-0.25, -0.2) is 13.1 Å². The monoisotopic (exact) mass is 408 g/mol. The van der Waals surface area contributed by atoms with E-state index in [9.17, 15) is 13.2 Å². The zero-order valence-electron chi connectivity index (χ0n) is 16.9. The summed E-state index contributed by atoms with van der Waals surface area (Å²) >= 11 is 0. The number of pyridine rings is 1. The molecule has 2 unspecified atom stereocenters. The predicted molar refractivity (Wildman–Crippen MR) is 109 cm³/mol. The van der Waals surface area contributed by atoms with Crippen molar-refractivity contribution >= 4 is 10.0 Å². The molecule has 0 bridgehead atoms. The number of sulfonamides is 1.